The van der Waals surface area contributed by atoms with E-state index in [1.165, 1.54) is 18.4 Å². The van der Waals surface area contributed by atoms with Crippen LogP contribution in [0.1, 0.15) is 33.6 Å². The zero-order chi connectivity index (χ0) is 12.7. The van der Waals surface area contributed by atoms with Gasteiger partial charge in [-0.3, -0.25) is 9.80 Å². The van der Waals surface area contributed by atoms with Crippen LogP contribution in [0.5, 0.6) is 0 Å². The molecule has 100 valence electrons. The van der Waals surface area contributed by atoms with Crippen LogP contribution in [0, 0.1) is 0 Å². The molecule has 0 aromatic rings. The van der Waals surface area contributed by atoms with E-state index in [9.17, 15) is 0 Å². The molecule has 1 heterocycles. The van der Waals surface area contributed by atoms with E-state index in [0.717, 1.165) is 32.7 Å². The zero-order valence-electron chi connectivity index (χ0n) is 11.7. The number of rotatable bonds is 6. The van der Waals surface area contributed by atoms with Crippen molar-refractivity contribution in [2.75, 3.05) is 39.3 Å². The SMILES string of the molecule is CC(C)=CCC[C@@H](C)N1CCN(CCO)CC1. The van der Waals surface area contributed by atoms with Gasteiger partial charge < -0.3 is 5.11 Å². The van der Waals surface area contributed by atoms with Crippen LogP contribution in [0.3, 0.4) is 0 Å². The van der Waals surface area contributed by atoms with Crippen LogP contribution < -0.4 is 0 Å². The first-order chi connectivity index (χ1) is 8.13. The molecule has 0 saturated carbocycles. The van der Waals surface area contributed by atoms with Crippen LogP contribution in [0.4, 0.5) is 0 Å². The van der Waals surface area contributed by atoms with Gasteiger partial charge in [0.25, 0.3) is 0 Å². The van der Waals surface area contributed by atoms with Crippen molar-refractivity contribution in [2.45, 2.75) is 39.7 Å². The van der Waals surface area contributed by atoms with Crippen molar-refractivity contribution in [1.29, 1.82) is 0 Å². The van der Waals surface area contributed by atoms with Gasteiger partial charge in [0.05, 0.1) is 6.61 Å². The predicted octanol–water partition coefficient (Wildman–Crippen LogP) is 1.73. The maximum Gasteiger partial charge on any atom is 0.0558 e. The second-order valence-electron chi connectivity index (χ2n) is 5.31. The molecule has 1 aliphatic rings. The lowest BCUT2D eigenvalue weighted by atomic mass is 10.1. The lowest BCUT2D eigenvalue weighted by molar-refractivity contribution is 0.0864. The van der Waals surface area contributed by atoms with Gasteiger partial charge in [-0.05, 0) is 33.6 Å². The highest BCUT2D eigenvalue weighted by Gasteiger charge is 2.19. The quantitative estimate of drug-likeness (QED) is 0.716. The molecule has 0 radical (unpaired) electrons. The van der Waals surface area contributed by atoms with Crippen LogP contribution in [-0.4, -0.2) is 60.3 Å². The number of allylic oxidation sites excluding steroid dienone is 2. The number of aliphatic hydroxyl groups is 1. The molecule has 17 heavy (non-hydrogen) atoms. The summed E-state index contributed by atoms with van der Waals surface area (Å²) in [7, 11) is 0. The normalized spacial score (nSPS) is 20.2. The average Bonchev–Trinajstić information content (AvgIpc) is 2.30. The maximum atomic E-state index is 8.90. The molecular formula is C14H28N2O. The molecule has 0 amide bonds. The highest BCUT2D eigenvalue weighted by molar-refractivity contribution is 4.93. The van der Waals surface area contributed by atoms with E-state index < -0.39 is 0 Å². The number of aliphatic hydroxyl groups excluding tert-OH is 1. The van der Waals surface area contributed by atoms with Crippen molar-refractivity contribution < 1.29 is 5.11 Å². The predicted molar refractivity (Wildman–Crippen MR) is 73.2 cm³/mol. The Bertz CT molecular complexity index is 228. The van der Waals surface area contributed by atoms with Crippen LogP contribution >= 0.6 is 0 Å². The van der Waals surface area contributed by atoms with Gasteiger partial charge in [-0.1, -0.05) is 11.6 Å². The first kappa shape index (κ1) is 14.7. The second-order valence-corrected chi connectivity index (χ2v) is 5.31. The summed E-state index contributed by atoms with van der Waals surface area (Å²) in [4.78, 5) is 4.92. The van der Waals surface area contributed by atoms with Crippen LogP contribution in [0.2, 0.25) is 0 Å². The van der Waals surface area contributed by atoms with E-state index in [1.807, 2.05) is 0 Å². The minimum atomic E-state index is 0.288. The lowest BCUT2D eigenvalue weighted by Gasteiger charge is -2.37. The van der Waals surface area contributed by atoms with Crippen molar-refractivity contribution in [2.24, 2.45) is 0 Å². The molecule has 1 saturated heterocycles. The van der Waals surface area contributed by atoms with E-state index in [2.05, 4.69) is 36.6 Å². The third-order valence-corrected chi connectivity index (χ3v) is 3.58. The van der Waals surface area contributed by atoms with Crippen LogP contribution in [-0.2, 0) is 0 Å². The Kier molecular flexibility index (Phi) is 6.78. The zero-order valence-corrected chi connectivity index (χ0v) is 11.7. The van der Waals surface area contributed by atoms with Gasteiger partial charge in [-0.15, -0.1) is 0 Å². The molecule has 0 aromatic carbocycles. The number of hydrogen-bond acceptors (Lipinski definition) is 3. The molecule has 0 bridgehead atoms. The van der Waals surface area contributed by atoms with E-state index in [4.69, 9.17) is 5.11 Å². The summed E-state index contributed by atoms with van der Waals surface area (Å²) in [5.41, 5.74) is 1.42. The Hall–Kier alpha value is -0.380. The monoisotopic (exact) mass is 240 g/mol. The molecule has 3 nitrogen and oxygen atoms in total. The third kappa shape index (κ3) is 5.66. The Morgan fingerprint density at radius 2 is 1.88 bits per heavy atom. The fourth-order valence-corrected chi connectivity index (χ4v) is 2.36. The molecule has 1 atom stereocenters. The fourth-order valence-electron chi connectivity index (χ4n) is 2.36. The summed E-state index contributed by atoms with van der Waals surface area (Å²) < 4.78 is 0. The molecule has 1 rings (SSSR count). The van der Waals surface area contributed by atoms with Crippen LogP contribution in [0.15, 0.2) is 11.6 Å². The van der Waals surface area contributed by atoms with E-state index in [-0.39, 0.29) is 6.61 Å². The molecular weight excluding hydrogens is 212 g/mol. The second kappa shape index (κ2) is 7.85. The summed E-state index contributed by atoms with van der Waals surface area (Å²) in [6.45, 7) is 12.3. The smallest absolute Gasteiger partial charge is 0.0558 e. The van der Waals surface area contributed by atoms with Gasteiger partial charge in [-0.2, -0.15) is 0 Å². The van der Waals surface area contributed by atoms with Crippen molar-refractivity contribution in [3.05, 3.63) is 11.6 Å². The molecule has 1 aliphatic heterocycles. The van der Waals surface area contributed by atoms with Crippen molar-refractivity contribution in [3.8, 4) is 0 Å². The van der Waals surface area contributed by atoms with E-state index in [0.29, 0.717) is 6.04 Å². The largest absolute Gasteiger partial charge is 0.395 e. The Labute approximate surface area is 106 Å². The van der Waals surface area contributed by atoms with E-state index >= 15 is 0 Å². The number of nitrogens with zero attached hydrogens (tertiary/aromatic N) is 2. The van der Waals surface area contributed by atoms with Gasteiger partial charge >= 0.3 is 0 Å². The lowest BCUT2D eigenvalue weighted by Crippen LogP contribution is -2.50. The highest BCUT2D eigenvalue weighted by Crippen LogP contribution is 2.11. The van der Waals surface area contributed by atoms with E-state index in [1.54, 1.807) is 0 Å². The van der Waals surface area contributed by atoms with Crippen molar-refractivity contribution >= 4 is 0 Å². The van der Waals surface area contributed by atoms with Crippen LogP contribution in [0.25, 0.3) is 0 Å². The van der Waals surface area contributed by atoms with Gasteiger partial charge in [-0.25, -0.2) is 0 Å². The molecule has 3 heteroatoms. The number of β-amino-alcohol motifs (C(OH)–C–C–N with tert-alkyl or cyclic N) is 1. The summed E-state index contributed by atoms with van der Waals surface area (Å²) >= 11 is 0. The Morgan fingerprint density at radius 3 is 2.41 bits per heavy atom. The topological polar surface area (TPSA) is 26.7 Å². The maximum absolute atomic E-state index is 8.90. The summed E-state index contributed by atoms with van der Waals surface area (Å²) in [6.07, 6.45) is 4.78. The van der Waals surface area contributed by atoms with Crippen molar-refractivity contribution in [1.82, 2.24) is 9.80 Å². The standard InChI is InChI=1S/C14H28N2O/c1-13(2)5-4-6-14(3)16-9-7-15(8-10-16)11-12-17/h5,14,17H,4,6-12H2,1-3H3/t14-/m1/s1. The molecule has 0 spiro atoms. The molecule has 0 unspecified atom stereocenters. The highest BCUT2D eigenvalue weighted by atomic mass is 16.3. The number of piperazine rings is 1. The van der Waals surface area contributed by atoms with Crippen molar-refractivity contribution in [3.63, 3.8) is 0 Å². The minimum absolute atomic E-state index is 0.288. The van der Waals surface area contributed by atoms with Gasteiger partial charge in [0.15, 0.2) is 0 Å². The average molecular weight is 240 g/mol. The summed E-state index contributed by atoms with van der Waals surface area (Å²) in [5, 5.41) is 8.90. The van der Waals surface area contributed by atoms with Gasteiger partial charge in [0.2, 0.25) is 0 Å². The first-order valence-electron chi connectivity index (χ1n) is 6.84. The minimum Gasteiger partial charge on any atom is -0.395 e. The third-order valence-electron chi connectivity index (χ3n) is 3.58. The van der Waals surface area contributed by atoms with Gasteiger partial charge in [0.1, 0.15) is 0 Å². The molecule has 0 aliphatic carbocycles. The number of hydrogen-bond donors (Lipinski definition) is 1. The Morgan fingerprint density at radius 1 is 1.24 bits per heavy atom. The molecule has 1 N–H and O–H groups in total. The summed E-state index contributed by atoms with van der Waals surface area (Å²) in [5.74, 6) is 0. The Balaban J connectivity index is 2.21. The fraction of sp³-hybridized carbons (Fsp3) is 0.857. The first-order valence-corrected chi connectivity index (χ1v) is 6.84. The van der Waals surface area contributed by atoms with Gasteiger partial charge in [0, 0.05) is 38.8 Å². The molecule has 0 aromatic heterocycles. The molecule has 1 fully saturated rings. The summed E-state index contributed by atoms with van der Waals surface area (Å²) in [6, 6.07) is 0.682.